The molecule has 9 nitrogen and oxygen atoms in total. The number of ketones is 1. The second-order valence-corrected chi connectivity index (χ2v) is 9.26. The Labute approximate surface area is 168 Å². The average molecular weight is 417 g/mol. The number of carbonyl (C=O) groups excluding carboxylic acids is 2. The number of nitrogens with zero attached hydrogens (tertiary/aromatic N) is 2. The van der Waals surface area contributed by atoms with Gasteiger partial charge in [-0.25, -0.2) is 13.4 Å². The number of rotatable bonds is 5. The van der Waals surface area contributed by atoms with E-state index < -0.39 is 21.7 Å². The monoisotopic (exact) mass is 417 g/mol. The van der Waals surface area contributed by atoms with Crippen molar-refractivity contribution in [2.24, 2.45) is 0 Å². The molecule has 0 bridgehead atoms. The number of imidazole rings is 1. The maximum Gasteiger partial charge on any atom is 0.245 e. The molecule has 1 amide bonds. The van der Waals surface area contributed by atoms with Crippen molar-refractivity contribution in [2.75, 3.05) is 13.1 Å². The molecule has 2 fully saturated rings. The lowest BCUT2D eigenvalue weighted by atomic mass is 9.99. The Bertz CT molecular complexity index is 1010. The second kappa shape index (κ2) is 7.36. The van der Waals surface area contributed by atoms with E-state index in [0.29, 0.717) is 37.2 Å². The number of amides is 1. The van der Waals surface area contributed by atoms with Gasteiger partial charge < -0.3 is 15.6 Å². The lowest BCUT2D eigenvalue weighted by molar-refractivity contribution is -0.121. The Morgan fingerprint density at radius 2 is 1.93 bits per heavy atom. The van der Waals surface area contributed by atoms with Gasteiger partial charge >= 0.3 is 0 Å². The minimum absolute atomic E-state index is 0.0616. The molecule has 2 aliphatic rings. The number of carbonyl (C=O) groups is 2. The van der Waals surface area contributed by atoms with E-state index in [0.717, 1.165) is 0 Å². The van der Waals surface area contributed by atoms with E-state index in [1.807, 2.05) is 0 Å². The Kier molecular flexibility index (Phi) is 5.01. The van der Waals surface area contributed by atoms with Crippen molar-refractivity contribution in [1.82, 2.24) is 24.9 Å². The summed E-state index contributed by atoms with van der Waals surface area (Å²) >= 11 is 0. The number of nitrogens with one attached hydrogen (secondary N) is 3. The molecule has 3 N–H and O–H groups in total. The highest BCUT2D eigenvalue weighted by Crippen LogP contribution is 2.37. The molecule has 2 aromatic rings. The fraction of sp³-hybridized carbons (Fsp3) is 0.421. The Hall–Kier alpha value is -2.56. The predicted molar refractivity (Wildman–Crippen MR) is 105 cm³/mol. The van der Waals surface area contributed by atoms with Gasteiger partial charge in [0, 0.05) is 23.9 Å². The number of piperidine rings is 1. The van der Waals surface area contributed by atoms with Crippen molar-refractivity contribution in [1.29, 1.82) is 0 Å². The van der Waals surface area contributed by atoms with Crippen LogP contribution in [0.1, 0.15) is 35.8 Å². The van der Waals surface area contributed by atoms with Crippen molar-refractivity contribution in [2.45, 2.75) is 42.8 Å². The molecule has 1 spiro atoms. The number of Topliss-reactive ketones (excluding diaryl/α,β-unsaturated/α-hetero) is 1. The summed E-state index contributed by atoms with van der Waals surface area (Å²) in [6.07, 6.45) is 4.24. The highest BCUT2D eigenvalue weighted by molar-refractivity contribution is 7.89. The molecule has 1 atom stereocenters. The number of sulfonamides is 1. The third-order valence-corrected chi connectivity index (χ3v) is 7.57. The summed E-state index contributed by atoms with van der Waals surface area (Å²) in [4.78, 5) is 31.4. The number of benzene rings is 1. The van der Waals surface area contributed by atoms with Crippen LogP contribution in [0.5, 0.6) is 0 Å². The molecule has 154 valence electrons. The van der Waals surface area contributed by atoms with E-state index in [1.165, 1.54) is 41.8 Å². The van der Waals surface area contributed by atoms with Crippen molar-refractivity contribution in [3.63, 3.8) is 0 Å². The van der Waals surface area contributed by atoms with Gasteiger partial charge in [0.1, 0.15) is 11.7 Å². The molecule has 2 aliphatic heterocycles. The lowest BCUT2D eigenvalue weighted by Crippen LogP contribution is -2.60. The zero-order valence-electron chi connectivity index (χ0n) is 16.0. The van der Waals surface area contributed by atoms with Gasteiger partial charge in [0.15, 0.2) is 5.78 Å². The molecule has 0 aliphatic carbocycles. The van der Waals surface area contributed by atoms with Crippen molar-refractivity contribution in [3.8, 4) is 0 Å². The van der Waals surface area contributed by atoms with E-state index >= 15 is 0 Å². The van der Waals surface area contributed by atoms with Crippen LogP contribution in [0.2, 0.25) is 0 Å². The van der Waals surface area contributed by atoms with Gasteiger partial charge in [-0.15, -0.1) is 0 Å². The van der Waals surface area contributed by atoms with E-state index in [4.69, 9.17) is 0 Å². The van der Waals surface area contributed by atoms with E-state index in [-0.39, 0.29) is 23.0 Å². The van der Waals surface area contributed by atoms with Crippen LogP contribution in [-0.2, 0) is 21.2 Å². The molecule has 4 rings (SSSR count). The van der Waals surface area contributed by atoms with Crippen molar-refractivity contribution in [3.05, 3.63) is 48.0 Å². The lowest BCUT2D eigenvalue weighted by Gasteiger charge is -2.41. The summed E-state index contributed by atoms with van der Waals surface area (Å²) in [6, 6.07) is 4.97. The largest absolute Gasteiger partial charge is 0.348 e. The first-order valence-electron chi connectivity index (χ1n) is 9.49. The molecule has 29 heavy (non-hydrogen) atoms. The fourth-order valence-electron chi connectivity index (χ4n) is 4.11. The first kappa shape index (κ1) is 19.7. The Morgan fingerprint density at radius 3 is 2.52 bits per heavy atom. The molecule has 0 radical (unpaired) electrons. The quantitative estimate of drug-likeness (QED) is 0.606. The maximum absolute atomic E-state index is 13.7. The predicted octanol–water partition coefficient (Wildman–Crippen LogP) is 0.424. The average Bonchev–Trinajstić information content (AvgIpc) is 3.29. The Balaban J connectivity index is 1.77. The van der Waals surface area contributed by atoms with Crippen molar-refractivity contribution < 1.29 is 18.0 Å². The fourth-order valence-corrected chi connectivity index (χ4v) is 6.01. The van der Waals surface area contributed by atoms with Crippen LogP contribution in [0.3, 0.4) is 0 Å². The number of H-pyrrole nitrogens is 1. The van der Waals surface area contributed by atoms with Crippen LogP contribution >= 0.6 is 0 Å². The van der Waals surface area contributed by atoms with Gasteiger partial charge in [0.25, 0.3) is 0 Å². The van der Waals surface area contributed by atoms with Gasteiger partial charge in [-0.2, -0.15) is 4.31 Å². The minimum atomic E-state index is -4.00. The summed E-state index contributed by atoms with van der Waals surface area (Å²) in [5.74, 6) is -0.454. The summed E-state index contributed by atoms with van der Waals surface area (Å²) < 4.78 is 28.7. The third-order valence-electron chi connectivity index (χ3n) is 5.58. The summed E-state index contributed by atoms with van der Waals surface area (Å²) in [6.45, 7) is 2.63. The molecule has 1 unspecified atom stereocenters. The molecular formula is C19H23N5O4S. The molecule has 0 saturated carbocycles. The van der Waals surface area contributed by atoms with Crippen LogP contribution in [0, 0.1) is 0 Å². The van der Waals surface area contributed by atoms with Gasteiger partial charge in [-0.05, 0) is 45.0 Å². The van der Waals surface area contributed by atoms with Gasteiger partial charge in [0.2, 0.25) is 15.9 Å². The van der Waals surface area contributed by atoms with Crippen molar-refractivity contribution >= 4 is 21.7 Å². The smallest absolute Gasteiger partial charge is 0.245 e. The zero-order valence-corrected chi connectivity index (χ0v) is 16.8. The first-order chi connectivity index (χ1) is 13.8. The zero-order chi connectivity index (χ0) is 20.6. The van der Waals surface area contributed by atoms with Gasteiger partial charge in [-0.3, -0.25) is 9.59 Å². The second-order valence-electron chi connectivity index (χ2n) is 7.45. The normalized spacial score (nSPS) is 22.0. The van der Waals surface area contributed by atoms with Gasteiger partial charge in [0.05, 0.1) is 11.2 Å². The topological polar surface area (TPSA) is 124 Å². The third kappa shape index (κ3) is 3.47. The SMILES string of the molecule is CC(=O)c1ccc(S(=O)(=O)N2C(Cc3cnc[nH]3)C(=O)NC23CCNCC3)cc1. The molecular weight excluding hydrogens is 394 g/mol. The molecule has 3 heterocycles. The van der Waals surface area contributed by atoms with Crippen LogP contribution in [0.4, 0.5) is 0 Å². The van der Waals surface area contributed by atoms with E-state index in [1.54, 1.807) is 6.20 Å². The highest BCUT2D eigenvalue weighted by atomic mass is 32.2. The van der Waals surface area contributed by atoms with E-state index in [9.17, 15) is 18.0 Å². The van der Waals surface area contributed by atoms with Crippen LogP contribution < -0.4 is 10.6 Å². The minimum Gasteiger partial charge on any atom is -0.348 e. The first-order valence-corrected chi connectivity index (χ1v) is 10.9. The molecule has 1 aromatic heterocycles. The van der Waals surface area contributed by atoms with Crippen LogP contribution in [0.25, 0.3) is 0 Å². The number of aromatic nitrogens is 2. The van der Waals surface area contributed by atoms with Crippen LogP contribution in [-0.4, -0.2) is 59.2 Å². The highest BCUT2D eigenvalue weighted by Gasteiger charge is 2.56. The summed E-state index contributed by atoms with van der Waals surface area (Å²) in [5, 5.41) is 6.18. The van der Waals surface area contributed by atoms with E-state index in [2.05, 4.69) is 20.6 Å². The summed E-state index contributed by atoms with van der Waals surface area (Å²) in [5.41, 5.74) is 0.152. The van der Waals surface area contributed by atoms with Gasteiger partial charge in [-0.1, -0.05) is 12.1 Å². The standard InChI is InChI=1S/C19H23N5O4S/c1-13(25)14-2-4-16(5-3-14)29(27,28)24-17(10-15-11-21-12-22-15)18(26)23-19(24)6-8-20-9-7-19/h2-5,11-12,17,20H,6-10H2,1H3,(H,21,22)(H,23,26). The maximum atomic E-state index is 13.7. The summed E-state index contributed by atoms with van der Waals surface area (Å²) in [7, 11) is -4.00. The number of hydrogen-bond acceptors (Lipinski definition) is 6. The number of aromatic amines is 1. The molecule has 10 heteroatoms. The number of hydrogen-bond donors (Lipinski definition) is 3. The van der Waals surface area contributed by atoms with Crippen LogP contribution in [0.15, 0.2) is 41.7 Å². The Morgan fingerprint density at radius 1 is 1.24 bits per heavy atom. The molecule has 2 saturated heterocycles. The molecule has 1 aromatic carbocycles.